The van der Waals surface area contributed by atoms with Crippen molar-refractivity contribution < 1.29 is 0 Å². The van der Waals surface area contributed by atoms with Crippen molar-refractivity contribution in [2.45, 2.75) is 25.9 Å². The number of pyridine rings is 1. The molecule has 0 bridgehead atoms. The maximum absolute atomic E-state index is 4.72. The van der Waals surface area contributed by atoms with Gasteiger partial charge in [-0.15, -0.1) is 0 Å². The first-order valence-corrected chi connectivity index (χ1v) is 8.25. The zero-order valence-electron chi connectivity index (χ0n) is 13.7. The van der Waals surface area contributed by atoms with Crippen LogP contribution >= 0.6 is 0 Å². The number of anilines is 2. The highest BCUT2D eigenvalue weighted by Gasteiger charge is 2.16. The number of aromatic nitrogens is 4. The van der Waals surface area contributed by atoms with Crippen molar-refractivity contribution in [3.63, 3.8) is 0 Å². The Kier molecular flexibility index (Phi) is 4.00. The number of rotatable bonds is 5. The van der Waals surface area contributed by atoms with Gasteiger partial charge in [0.15, 0.2) is 5.65 Å². The fourth-order valence-corrected chi connectivity index (χ4v) is 2.95. The fraction of sp³-hybridized carbons (Fsp3) is 0.353. The Bertz CT molecular complexity index is 822. The van der Waals surface area contributed by atoms with Crippen LogP contribution in [0.3, 0.4) is 0 Å². The van der Waals surface area contributed by atoms with Gasteiger partial charge in [0, 0.05) is 43.2 Å². The van der Waals surface area contributed by atoms with Crippen LogP contribution in [0.2, 0.25) is 0 Å². The minimum absolute atomic E-state index is 0.425. The largest absolute Gasteiger partial charge is 0.366 e. The molecule has 3 aromatic rings. The standard InChI is InChI=1S/C17H21N7/c1-12-8-21-24-16(20-10-13-3-2-5-18-9-13)7-15(23-17(12)24)22-14-4-6-19-11-14/h2-3,5,7-9,14,19-20H,4,6,10-11H2,1H3,(H,22,23)/t14-/m0/s1. The van der Waals surface area contributed by atoms with Crippen LogP contribution in [-0.2, 0) is 6.54 Å². The zero-order valence-corrected chi connectivity index (χ0v) is 13.7. The summed E-state index contributed by atoms with van der Waals surface area (Å²) < 4.78 is 1.85. The molecule has 1 aliphatic rings. The molecule has 0 aromatic carbocycles. The lowest BCUT2D eigenvalue weighted by atomic mass is 10.2. The van der Waals surface area contributed by atoms with Crippen molar-refractivity contribution in [1.29, 1.82) is 0 Å². The van der Waals surface area contributed by atoms with E-state index < -0.39 is 0 Å². The van der Waals surface area contributed by atoms with Crippen LogP contribution in [0.25, 0.3) is 5.65 Å². The van der Waals surface area contributed by atoms with Crippen molar-refractivity contribution in [3.05, 3.63) is 47.9 Å². The van der Waals surface area contributed by atoms with E-state index in [9.17, 15) is 0 Å². The molecule has 1 atom stereocenters. The smallest absolute Gasteiger partial charge is 0.162 e. The number of fused-ring (bicyclic) bond motifs is 1. The van der Waals surface area contributed by atoms with Gasteiger partial charge in [0.25, 0.3) is 0 Å². The van der Waals surface area contributed by atoms with Crippen LogP contribution in [0.4, 0.5) is 11.6 Å². The summed E-state index contributed by atoms with van der Waals surface area (Å²) in [7, 11) is 0. The van der Waals surface area contributed by atoms with Crippen molar-refractivity contribution in [1.82, 2.24) is 24.9 Å². The zero-order chi connectivity index (χ0) is 16.4. The average molecular weight is 323 g/mol. The molecule has 3 aromatic heterocycles. The Hall–Kier alpha value is -2.67. The number of nitrogens with one attached hydrogen (secondary N) is 3. The fourth-order valence-electron chi connectivity index (χ4n) is 2.95. The molecule has 7 nitrogen and oxygen atoms in total. The first-order valence-electron chi connectivity index (χ1n) is 8.25. The summed E-state index contributed by atoms with van der Waals surface area (Å²) in [4.78, 5) is 8.88. The van der Waals surface area contributed by atoms with E-state index >= 15 is 0 Å². The molecular formula is C17H21N7. The molecule has 0 unspecified atom stereocenters. The lowest BCUT2D eigenvalue weighted by molar-refractivity contribution is 0.786. The molecule has 1 saturated heterocycles. The van der Waals surface area contributed by atoms with E-state index in [-0.39, 0.29) is 0 Å². The Labute approximate surface area is 140 Å². The third-order valence-corrected chi connectivity index (χ3v) is 4.26. The van der Waals surface area contributed by atoms with Crippen LogP contribution in [-0.4, -0.2) is 38.7 Å². The second-order valence-electron chi connectivity index (χ2n) is 6.14. The molecule has 4 rings (SSSR count). The van der Waals surface area contributed by atoms with E-state index in [2.05, 4.69) is 32.1 Å². The Balaban J connectivity index is 1.62. The van der Waals surface area contributed by atoms with Gasteiger partial charge in [0.1, 0.15) is 11.6 Å². The maximum Gasteiger partial charge on any atom is 0.162 e. The predicted molar refractivity (Wildman–Crippen MR) is 94.2 cm³/mol. The van der Waals surface area contributed by atoms with E-state index in [1.165, 1.54) is 0 Å². The van der Waals surface area contributed by atoms with Crippen molar-refractivity contribution in [3.8, 4) is 0 Å². The van der Waals surface area contributed by atoms with Gasteiger partial charge >= 0.3 is 0 Å². The molecule has 0 amide bonds. The summed E-state index contributed by atoms with van der Waals surface area (Å²) in [5.41, 5.74) is 3.06. The molecule has 1 fully saturated rings. The molecular weight excluding hydrogens is 302 g/mol. The molecule has 0 spiro atoms. The van der Waals surface area contributed by atoms with Gasteiger partial charge in [-0.3, -0.25) is 4.98 Å². The van der Waals surface area contributed by atoms with Gasteiger partial charge in [0.05, 0.1) is 6.20 Å². The summed E-state index contributed by atoms with van der Waals surface area (Å²) in [6, 6.07) is 6.44. The first kappa shape index (κ1) is 14.9. The molecule has 7 heteroatoms. The summed E-state index contributed by atoms with van der Waals surface area (Å²) >= 11 is 0. The van der Waals surface area contributed by atoms with Gasteiger partial charge < -0.3 is 16.0 Å². The summed E-state index contributed by atoms with van der Waals surface area (Å²) in [6.07, 6.45) is 6.60. The van der Waals surface area contributed by atoms with Gasteiger partial charge in [-0.2, -0.15) is 9.61 Å². The van der Waals surface area contributed by atoms with Crippen molar-refractivity contribution in [2.24, 2.45) is 0 Å². The Morgan fingerprint density at radius 3 is 3.12 bits per heavy atom. The second kappa shape index (κ2) is 6.45. The highest BCUT2D eigenvalue weighted by atomic mass is 15.3. The van der Waals surface area contributed by atoms with Crippen LogP contribution < -0.4 is 16.0 Å². The third-order valence-electron chi connectivity index (χ3n) is 4.26. The SMILES string of the molecule is Cc1cnn2c(NCc3cccnc3)cc(N[C@H]3CCNC3)nc12. The maximum atomic E-state index is 4.72. The normalized spacial score (nSPS) is 17.3. The monoisotopic (exact) mass is 323 g/mol. The lowest BCUT2D eigenvalue weighted by Crippen LogP contribution is -2.23. The van der Waals surface area contributed by atoms with Crippen LogP contribution in [0.15, 0.2) is 36.8 Å². The minimum atomic E-state index is 0.425. The Morgan fingerprint density at radius 2 is 2.33 bits per heavy atom. The van der Waals surface area contributed by atoms with Crippen molar-refractivity contribution >= 4 is 17.3 Å². The van der Waals surface area contributed by atoms with E-state index in [0.717, 1.165) is 47.9 Å². The third kappa shape index (κ3) is 3.03. The molecule has 0 saturated carbocycles. The van der Waals surface area contributed by atoms with E-state index in [4.69, 9.17) is 4.98 Å². The molecule has 124 valence electrons. The quantitative estimate of drug-likeness (QED) is 0.665. The minimum Gasteiger partial charge on any atom is -0.366 e. The van der Waals surface area contributed by atoms with Crippen LogP contribution in [0.5, 0.6) is 0 Å². The van der Waals surface area contributed by atoms with Gasteiger partial charge in [-0.05, 0) is 31.5 Å². The Morgan fingerprint density at radius 1 is 1.38 bits per heavy atom. The molecule has 1 aliphatic heterocycles. The molecule has 0 aliphatic carbocycles. The van der Waals surface area contributed by atoms with Crippen LogP contribution in [0, 0.1) is 6.92 Å². The lowest BCUT2D eigenvalue weighted by Gasteiger charge is -2.15. The van der Waals surface area contributed by atoms with E-state index in [1.807, 2.05) is 36.0 Å². The number of hydrogen-bond donors (Lipinski definition) is 3. The summed E-state index contributed by atoms with van der Waals surface area (Å²) in [5.74, 6) is 1.80. The molecule has 3 N–H and O–H groups in total. The van der Waals surface area contributed by atoms with Gasteiger partial charge in [0.2, 0.25) is 0 Å². The number of hydrogen-bond acceptors (Lipinski definition) is 6. The topological polar surface area (TPSA) is 79.2 Å². The highest BCUT2D eigenvalue weighted by molar-refractivity contribution is 5.60. The number of aryl methyl sites for hydroxylation is 1. The molecule has 4 heterocycles. The van der Waals surface area contributed by atoms with E-state index in [1.54, 1.807) is 6.20 Å². The van der Waals surface area contributed by atoms with E-state index in [0.29, 0.717) is 12.6 Å². The molecule has 0 radical (unpaired) electrons. The van der Waals surface area contributed by atoms with Crippen LogP contribution in [0.1, 0.15) is 17.5 Å². The summed E-state index contributed by atoms with van der Waals surface area (Å²) in [5, 5.41) is 14.8. The highest BCUT2D eigenvalue weighted by Crippen LogP contribution is 2.20. The van der Waals surface area contributed by atoms with Gasteiger partial charge in [-0.25, -0.2) is 4.98 Å². The molecule has 24 heavy (non-hydrogen) atoms. The number of nitrogens with zero attached hydrogens (tertiary/aromatic N) is 4. The predicted octanol–water partition coefficient (Wildman–Crippen LogP) is 1.82. The average Bonchev–Trinajstić information content (AvgIpc) is 3.24. The van der Waals surface area contributed by atoms with Crippen molar-refractivity contribution in [2.75, 3.05) is 23.7 Å². The van der Waals surface area contributed by atoms with Gasteiger partial charge in [-0.1, -0.05) is 6.07 Å². The first-order chi connectivity index (χ1) is 11.8. The second-order valence-corrected chi connectivity index (χ2v) is 6.14. The summed E-state index contributed by atoms with van der Waals surface area (Å²) in [6.45, 7) is 4.75.